The summed E-state index contributed by atoms with van der Waals surface area (Å²) in [5.74, 6) is -0.386. The van der Waals surface area contributed by atoms with Gasteiger partial charge in [0.05, 0.1) is 19.1 Å². The maximum absolute atomic E-state index is 11.5. The van der Waals surface area contributed by atoms with E-state index in [-0.39, 0.29) is 31.4 Å². The molecule has 1 unspecified atom stereocenters. The Kier molecular flexibility index (Phi) is 5.98. The lowest BCUT2D eigenvalue weighted by atomic mass is 10.1. The molecule has 0 aliphatic rings. The molecule has 19 heavy (non-hydrogen) atoms. The Balaban J connectivity index is 2.44. The molecule has 0 aromatic heterocycles. The SMILES string of the molecule is CC(=O)Nc1ccc(CC(=O)NCC(O)CO)cc1. The van der Waals surface area contributed by atoms with E-state index in [1.165, 1.54) is 6.92 Å². The van der Waals surface area contributed by atoms with Crippen LogP contribution in [0.4, 0.5) is 5.69 Å². The fourth-order valence-electron chi connectivity index (χ4n) is 1.45. The van der Waals surface area contributed by atoms with E-state index < -0.39 is 6.10 Å². The van der Waals surface area contributed by atoms with Crippen molar-refractivity contribution in [3.8, 4) is 0 Å². The van der Waals surface area contributed by atoms with Crippen LogP contribution in [-0.4, -0.2) is 41.3 Å². The van der Waals surface area contributed by atoms with Gasteiger partial charge in [0.15, 0.2) is 0 Å². The number of carbonyl (C=O) groups is 2. The number of rotatable bonds is 6. The van der Waals surface area contributed by atoms with Crippen molar-refractivity contribution < 1.29 is 19.8 Å². The molecule has 0 saturated carbocycles. The first-order valence-corrected chi connectivity index (χ1v) is 5.93. The van der Waals surface area contributed by atoms with Crippen molar-refractivity contribution >= 4 is 17.5 Å². The molecular weight excluding hydrogens is 248 g/mol. The predicted molar refractivity (Wildman–Crippen MR) is 70.6 cm³/mol. The normalized spacial score (nSPS) is 11.7. The highest BCUT2D eigenvalue weighted by atomic mass is 16.3. The average Bonchev–Trinajstić information content (AvgIpc) is 2.37. The van der Waals surface area contributed by atoms with Crippen LogP contribution >= 0.6 is 0 Å². The van der Waals surface area contributed by atoms with Crippen LogP contribution in [-0.2, 0) is 16.0 Å². The third kappa shape index (κ3) is 5.98. The van der Waals surface area contributed by atoms with E-state index in [4.69, 9.17) is 10.2 Å². The van der Waals surface area contributed by atoms with E-state index in [9.17, 15) is 9.59 Å². The van der Waals surface area contributed by atoms with Crippen LogP contribution in [0.15, 0.2) is 24.3 Å². The number of aliphatic hydroxyl groups excluding tert-OH is 2. The summed E-state index contributed by atoms with van der Waals surface area (Å²) in [6.07, 6.45) is -0.760. The summed E-state index contributed by atoms with van der Waals surface area (Å²) in [7, 11) is 0. The highest BCUT2D eigenvalue weighted by Gasteiger charge is 2.06. The molecule has 1 rings (SSSR count). The van der Waals surface area contributed by atoms with Crippen molar-refractivity contribution in [2.45, 2.75) is 19.4 Å². The minimum absolute atomic E-state index is 0.0271. The fraction of sp³-hybridized carbons (Fsp3) is 0.385. The molecule has 4 N–H and O–H groups in total. The fourth-order valence-corrected chi connectivity index (χ4v) is 1.45. The number of hydrogen-bond donors (Lipinski definition) is 4. The Morgan fingerprint density at radius 1 is 1.26 bits per heavy atom. The summed E-state index contributed by atoms with van der Waals surface area (Å²) < 4.78 is 0. The lowest BCUT2D eigenvalue weighted by Crippen LogP contribution is -2.34. The zero-order chi connectivity index (χ0) is 14.3. The Hall–Kier alpha value is -1.92. The topological polar surface area (TPSA) is 98.7 Å². The number of nitrogens with one attached hydrogen (secondary N) is 2. The third-order valence-electron chi connectivity index (χ3n) is 2.38. The summed E-state index contributed by atoms with van der Waals surface area (Å²) in [5, 5.41) is 22.8. The van der Waals surface area contributed by atoms with Crippen LogP contribution in [0.25, 0.3) is 0 Å². The van der Waals surface area contributed by atoms with Crippen LogP contribution in [0.1, 0.15) is 12.5 Å². The lowest BCUT2D eigenvalue weighted by Gasteiger charge is -2.09. The highest BCUT2D eigenvalue weighted by molar-refractivity contribution is 5.88. The number of hydrogen-bond acceptors (Lipinski definition) is 4. The van der Waals surface area contributed by atoms with Crippen LogP contribution in [0, 0.1) is 0 Å². The van der Waals surface area contributed by atoms with Gasteiger partial charge in [-0.1, -0.05) is 12.1 Å². The minimum atomic E-state index is -0.939. The molecule has 0 spiro atoms. The summed E-state index contributed by atoms with van der Waals surface area (Å²) in [5.41, 5.74) is 1.47. The molecule has 0 heterocycles. The molecule has 0 saturated heterocycles. The molecule has 6 heteroatoms. The maximum atomic E-state index is 11.5. The van der Waals surface area contributed by atoms with Crippen molar-refractivity contribution in [1.82, 2.24) is 5.32 Å². The molecule has 1 aromatic rings. The third-order valence-corrected chi connectivity index (χ3v) is 2.38. The zero-order valence-electron chi connectivity index (χ0n) is 10.7. The highest BCUT2D eigenvalue weighted by Crippen LogP contribution is 2.09. The monoisotopic (exact) mass is 266 g/mol. The molecule has 1 aromatic carbocycles. The number of aliphatic hydroxyl groups is 2. The lowest BCUT2D eigenvalue weighted by molar-refractivity contribution is -0.121. The van der Waals surface area contributed by atoms with E-state index in [0.29, 0.717) is 5.69 Å². The van der Waals surface area contributed by atoms with E-state index >= 15 is 0 Å². The first-order chi connectivity index (χ1) is 9.01. The summed E-state index contributed by atoms with van der Waals surface area (Å²) in [4.78, 5) is 22.4. The molecule has 2 amide bonds. The smallest absolute Gasteiger partial charge is 0.224 e. The van der Waals surface area contributed by atoms with Crippen molar-refractivity contribution in [2.24, 2.45) is 0 Å². The van der Waals surface area contributed by atoms with Crippen molar-refractivity contribution in [1.29, 1.82) is 0 Å². The number of amides is 2. The molecule has 0 fully saturated rings. The van der Waals surface area contributed by atoms with Crippen molar-refractivity contribution in [3.63, 3.8) is 0 Å². The van der Waals surface area contributed by atoms with Gasteiger partial charge in [0, 0.05) is 19.2 Å². The molecule has 6 nitrogen and oxygen atoms in total. The first-order valence-electron chi connectivity index (χ1n) is 5.93. The van der Waals surface area contributed by atoms with Crippen LogP contribution in [0.2, 0.25) is 0 Å². The number of carbonyl (C=O) groups excluding carboxylic acids is 2. The average molecular weight is 266 g/mol. The second kappa shape index (κ2) is 7.50. The molecule has 0 aliphatic heterocycles. The number of anilines is 1. The van der Waals surface area contributed by atoms with Gasteiger partial charge >= 0.3 is 0 Å². The van der Waals surface area contributed by atoms with Crippen LogP contribution < -0.4 is 10.6 Å². The summed E-state index contributed by atoms with van der Waals surface area (Å²) in [6, 6.07) is 6.92. The van der Waals surface area contributed by atoms with E-state index in [1.54, 1.807) is 24.3 Å². The van der Waals surface area contributed by atoms with E-state index in [0.717, 1.165) is 5.56 Å². The van der Waals surface area contributed by atoms with Crippen molar-refractivity contribution in [2.75, 3.05) is 18.5 Å². The van der Waals surface area contributed by atoms with Crippen LogP contribution in [0.5, 0.6) is 0 Å². The first kappa shape index (κ1) is 15.1. The predicted octanol–water partition coefficient (Wildman–Crippen LogP) is -0.343. The quantitative estimate of drug-likeness (QED) is 0.566. The second-order valence-electron chi connectivity index (χ2n) is 4.20. The summed E-state index contributed by atoms with van der Waals surface area (Å²) in [6.45, 7) is 1.07. The Bertz CT molecular complexity index is 431. The number of benzene rings is 1. The van der Waals surface area contributed by atoms with Gasteiger partial charge in [0.25, 0.3) is 0 Å². The second-order valence-corrected chi connectivity index (χ2v) is 4.20. The molecular formula is C13H18N2O4. The Labute approximate surface area is 111 Å². The van der Waals surface area contributed by atoms with Crippen molar-refractivity contribution in [3.05, 3.63) is 29.8 Å². The van der Waals surface area contributed by atoms with Gasteiger partial charge < -0.3 is 20.8 Å². The van der Waals surface area contributed by atoms with Gasteiger partial charge in [-0.15, -0.1) is 0 Å². The van der Waals surface area contributed by atoms with Crippen LogP contribution in [0.3, 0.4) is 0 Å². The maximum Gasteiger partial charge on any atom is 0.224 e. The summed E-state index contributed by atoms with van der Waals surface area (Å²) >= 11 is 0. The van der Waals surface area contributed by atoms with Gasteiger partial charge in [-0.2, -0.15) is 0 Å². The molecule has 1 atom stereocenters. The Morgan fingerprint density at radius 2 is 1.89 bits per heavy atom. The van der Waals surface area contributed by atoms with E-state index in [2.05, 4.69) is 10.6 Å². The van der Waals surface area contributed by atoms with Gasteiger partial charge in [-0.25, -0.2) is 0 Å². The molecule has 0 aliphatic carbocycles. The molecule has 104 valence electrons. The Morgan fingerprint density at radius 3 is 2.42 bits per heavy atom. The van der Waals surface area contributed by atoms with Gasteiger partial charge in [0.1, 0.15) is 0 Å². The minimum Gasteiger partial charge on any atom is -0.394 e. The molecule has 0 radical (unpaired) electrons. The molecule has 0 bridgehead atoms. The van der Waals surface area contributed by atoms with Gasteiger partial charge in [-0.05, 0) is 17.7 Å². The largest absolute Gasteiger partial charge is 0.394 e. The zero-order valence-corrected chi connectivity index (χ0v) is 10.7. The van der Waals surface area contributed by atoms with Gasteiger partial charge in [-0.3, -0.25) is 9.59 Å². The van der Waals surface area contributed by atoms with Gasteiger partial charge in [0.2, 0.25) is 11.8 Å². The standard InChI is InChI=1S/C13H18N2O4/c1-9(17)15-11-4-2-10(3-5-11)6-13(19)14-7-12(18)8-16/h2-5,12,16,18H,6-8H2,1H3,(H,14,19)(H,15,17). The van der Waals surface area contributed by atoms with E-state index in [1.807, 2.05) is 0 Å².